The van der Waals surface area contributed by atoms with Crippen LogP contribution in [-0.2, 0) is 16.4 Å². The summed E-state index contributed by atoms with van der Waals surface area (Å²) in [7, 11) is -3.25. The van der Waals surface area contributed by atoms with E-state index in [1.165, 1.54) is 4.31 Å². The van der Waals surface area contributed by atoms with Crippen LogP contribution < -0.4 is 0 Å². The molecule has 6 heteroatoms. The van der Waals surface area contributed by atoms with Crippen molar-refractivity contribution in [2.45, 2.75) is 32.3 Å². The minimum Gasteiger partial charge on any atom is -0.393 e. The largest absolute Gasteiger partial charge is 0.393 e. The summed E-state index contributed by atoms with van der Waals surface area (Å²) in [5.41, 5.74) is 0.979. The maximum absolute atomic E-state index is 12.4. The van der Waals surface area contributed by atoms with E-state index in [0.29, 0.717) is 25.9 Å². The summed E-state index contributed by atoms with van der Waals surface area (Å²) < 4.78 is 26.2. The fourth-order valence-corrected chi connectivity index (χ4v) is 4.12. The molecule has 0 saturated carbocycles. The minimum absolute atomic E-state index is 0.0550. The minimum atomic E-state index is -3.25. The number of aryl methyl sites for hydroxylation is 1. The molecule has 1 saturated heterocycles. The Morgan fingerprint density at radius 1 is 1.40 bits per heavy atom. The van der Waals surface area contributed by atoms with Crippen LogP contribution in [-0.4, -0.2) is 47.8 Å². The molecule has 0 radical (unpaired) electrons. The first-order valence-corrected chi connectivity index (χ1v) is 8.68. The number of pyridine rings is 1. The number of piperidine rings is 1. The fourth-order valence-electron chi connectivity index (χ4n) is 2.57. The molecule has 0 spiro atoms. The van der Waals surface area contributed by atoms with Crippen molar-refractivity contribution in [3.63, 3.8) is 0 Å². The first kappa shape index (κ1) is 15.4. The molecule has 1 N–H and O–H groups in total. The van der Waals surface area contributed by atoms with E-state index in [1.54, 1.807) is 12.4 Å². The Balaban J connectivity index is 1.96. The lowest BCUT2D eigenvalue weighted by atomic mass is 9.94. The van der Waals surface area contributed by atoms with Gasteiger partial charge in [0.1, 0.15) is 0 Å². The van der Waals surface area contributed by atoms with Gasteiger partial charge in [0.15, 0.2) is 0 Å². The Morgan fingerprint density at radius 2 is 2.10 bits per heavy atom. The van der Waals surface area contributed by atoms with Gasteiger partial charge in [-0.05, 0) is 42.9 Å². The van der Waals surface area contributed by atoms with Crippen molar-refractivity contribution < 1.29 is 13.5 Å². The Hall–Kier alpha value is -0.980. The topological polar surface area (TPSA) is 70.5 Å². The van der Waals surface area contributed by atoms with Crippen LogP contribution in [0.25, 0.3) is 0 Å². The first-order valence-electron chi connectivity index (χ1n) is 7.07. The lowest BCUT2D eigenvalue weighted by molar-refractivity contribution is 0.0521. The number of aromatic nitrogens is 1. The summed E-state index contributed by atoms with van der Waals surface area (Å²) in [5, 5.41) is 9.83. The van der Waals surface area contributed by atoms with E-state index >= 15 is 0 Å². The molecule has 1 fully saturated rings. The molecule has 1 aliphatic rings. The average molecular weight is 298 g/mol. The van der Waals surface area contributed by atoms with Gasteiger partial charge in [-0.1, -0.05) is 6.92 Å². The zero-order valence-electron chi connectivity index (χ0n) is 11.8. The molecule has 20 heavy (non-hydrogen) atoms. The van der Waals surface area contributed by atoms with Crippen LogP contribution in [0.15, 0.2) is 24.5 Å². The van der Waals surface area contributed by atoms with Crippen molar-refractivity contribution in [1.82, 2.24) is 9.29 Å². The molecule has 0 aliphatic carbocycles. The van der Waals surface area contributed by atoms with Gasteiger partial charge >= 0.3 is 0 Å². The zero-order chi connectivity index (χ0) is 14.6. The molecule has 2 unspecified atom stereocenters. The Labute approximate surface area is 120 Å². The van der Waals surface area contributed by atoms with Crippen LogP contribution in [0, 0.1) is 5.92 Å². The molecule has 2 rings (SSSR count). The molecular weight excluding hydrogens is 276 g/mol. The average Bonchev–Trinajstić information content (AvgIpc) is 2.46. The smallest absolute Gasteiger partial charge is 0.214 e. The molecule has 1 aliphatic heterocycles. The number of sulfonamides is 1. The molecule has 5 nitrogen and oxygen atoms in total. The summed E-state index contributed by atoms with van der Waals surface area (Å²) >= 11 is 0. The van der Waals surface area contributed by atoms with E-state index in [-0.39, 0.29) is 17.8 Å². The van der Waals surface area contributed by atoms with Crippen LogP contribution in [0.3, 0.4) is 0 Å². The summed E-state index contributed by atoms with van der Waals surface area (Å²) in [4.78, 5) is 3.92. The van der Waals surface area contributed by atoms with Gasteiger partial charge in [-0.2, -0.15) is 0 Å². The Kier molecular flexibility index (Phi) is 5.12. The second-order valence-electron chi connectivity index (χ2n) is 5.30. The lowest BCUT2D eigenvalue weighted by Crippen LogP contribution is -2.46. The molecule has 0 amide bonds. The highest BCUT2D eigenvalue weighted by atomic mass is 32.2. The quantitative estimate of drug-likeness (QED) is 0.882. The molecule has 0 aromatic carbocycles. The predicted octanol–water partition coefficient (Wildman–Crippen LogP) is 1.05. The van der Waals surface area contributed by atoms with Gasteiger partial charge in [0.2, 0.25) is 10.0 Å². The van der Waals surface area contributed by atoms with E-state index in [0.717, 1.165) is 12.0 Å². The highest BCUT2D eigenvalue weighted by Crippen LogP contribution is 2.22. The van der Waals surface area contributed by atoms with Crippen LogP contribution in [0.4, 0.5) is 0 Å². The number of hydrogen-bond donors (Lipinski definition) is 1. The number of aliphatic hydroxyl groups excluding tert-OH is 1. The number of rotatable bonds is 5. The van der Waals surface area contributed by atoms with Crippen molar-refractivity contribution in [2.24, 2.45) is 5.92 Å². The molecule has 1 aromatic rings. The third-order valence-corrected chi connectivity index (χ3v) is 5.81. The monoisotopic (exact) mass is 298 g/mol. The molecule has 0 bridgehead atoms. The predicted molar refractivity (Wildman–Crippen MR) is 77.7 cm³/mol. The standard InChI is InChI=1S/C14H22N2O3S/c1-2-13-11-16(9-5-14(13)17)20(18,19)10-6-12-3-7-15-8-4-12/h3-4,7-8,13-14,17H,2,5-6,9-11H2,1H3. The highest BCUT2D eigenvalue weighted by molar-refractivity contribution is 7.89. The number of nitrogens with zero attached hydrogens (tertiary/aromatic N) is 2. The van der Waals surface area contributed by atoms with E-state index in [2.05, 4.69) is 4.98 Å². The van der Waals surface area contributed by atoms with Gasteiger partial charge < -0.3 is 5.11 Å². The third-order valence-electron chi connectivity index (χ3n) is 3.97. The molecule has 1 aromatic heterocycles. The van der Waals surface area contributed by atoms with E-state index in [1.807, 2.05) is 19.1 Å². The van der Waals surface area contributed by atoms with E-state index < -0.39 is 10.0 Å². The second kappa shape index (κ2) is 6.65. The molecule has 2 heterocycles. The Bertz CT molecular complexity index is 518. The van der Waals surface area contributed by atoms with Crippen LogP contribution in [0.5, 0.6) is 0 Å². The maximum Gasteiger partial charge on any atom is 0.214 e. The molecule has 2 atom stereocenters. The summed E-state index contributed by atoms with van der Waals surface area (Å²) in [6.07, 6.45) is 4.82. The van der Waals surface area contributed by atoms with E-state index in [4.69, 9.17) is 0 Å². The van der Waals surface area contributed by atoms with E-state index in [9.17, 15) is 13.5 Å². The van der Waals surface area contributed by atoms with Crippen molar-refractivity contribution in [2.75, 3.05) is 18.8 Å². The van der Waals surface area contributed by atoms with Crippen LogP contribution in [0.1, 0.15) is 25.3 Å². The normalized spacial score (nSPS) is 24.7. The zero-order valence-corrected chi connectivity index (χ0v) is 12.6. The lowest BCUT2D eigenvalue weighted by Gasteiger charge is -2.35. The van der Waals surface area contributed by atoms with Gasteiger partial charge in [-0.3, -0.25) is 4.98 Å². The van der Waals surface area contributed by atoms with Crippen molar-refractivity contribution >= 4 is 10.0 Å². The summed E-state index contributed by atoms with van der Waals surface area (Å²) in [5.74, 6) is 0.170. The first-order chi connectivity index (χ1) is 9.53. The van der Waals surface area contributed by atoms with Gasteiger partial charge in [-0.25, -0.2) is 12.7 Å². The fraction of sp³-hybridized carbons (Fsp3) is 0.643. The number of aliphatic hydroxyl groups is 1. The van der Waals surface area contributed by atoms with Gasteiger partial charge in [0.05, 0.1) is 11.9 Å². The van der Waals surface area contributed by atoms with Crippen LogP contribution in [0.2, 0.25) is 0 Å². The number of hydrogen-bond acceptors (Lipinski definition) is 4. The third kappa shape index (κ3) is 3.77. The second-order valence-corrected chi connectivity index (χ2v) is 7.39. The van der Waals surface area contributed by atoms with Crippen LogP contribution >= 0.6 is 0 Å². The molecular formula is C14H22N2O3S. The summed E-state index contributed by atoms with van der Waals surface area (Å²) in [6.45, 7) is 2.85. The Morgan fingerprint density at radius 3 is 2.75 bits per heavy atom. The van der Waals surface area contributed by atoms with Gasteiger partial charge in [-0.15, -0.1) is 0 Å². The molecule has 112 valence electrons. The van der Waals surface area contributed by atoms with Crippen molar-refractivity contribution in [1.29, 1.82) is 0 Å². The maximum atomic E-state index is 12.4. The van der Waals surface area contributed by atoms with Gasteiger partial charge in [0.25, 0.3) is 0 Å². The van der Waals surface area contributed by atoms with Crippen molar-refractivity contribution in [3.8, 4) is 0 Å². The SMILES string of the molecule is CCC1CN(S(=O)(=O)CCc2ccncc2)CCC1O. The van der Waals surface area contributed by atoms with Gasteiger partial charge in [0, 0.05) is 25.5 Å². The summed E-state index contributed by atoms with van der Waals surface area (Å²) in [6, 6.07) is 3.68. The van der Waals surface area contributed by atoms with Crippen molar-refractivity contribution in [3.05, 3.63) is 30.1 Å². The highest BCUT2D eigenvalue weighted by Gasteiger charge is 2.32.